The van der Waals surface area contributed by atoms with Crippen molar-refractivity contribution in [3.8, 4) is 6.07 Å². The second-order valence-corrected chi connectivity index (χ2v) is 6.06. The fraction of sp³-hybridized carbons (Fsp3) is 0.412. The zero-order valence-electron chi connectivity index (χ0n) is 13.8. The van der Waals surface area contributed by atoms with Gasteiger partial charge in [0, 0.05) is 43.7 Å². The van der Waals surface area contributed by atoms with Crippen molar-refractivity contribution in [1.82, 2.24) is 20.5 Å². The van der Waals surface area contributed by atoms with E-state index in [1.165, 1.54) is 6.92 Å². The van der Waals surface area contributed by atoms with Crippen LogP contribution in [0.1, 0.15) is 41.8 Å². The number of carbonyl (C=O) groups is 1. The van der Waals surface area contributed by atoms with Crippen molar-refractivity contribution in [3.05, 3.63) is 40.8 Å². The van der Waals surface area contributed by atoms with Gasteiger partial charge in [-0.05, 0) is 25.5 Å². The quantitative estimate of drug-likeness (QED) is 0.890. The summed E-state index contributed by atoms with van der Waals surface area (Å²) in [6, 6.07) is 5.87. The van der Waals surface area contributed by atoms with Crippen LogP contribution in [0.4, 0.5) is 5.82 Å². The first kappa shape index (κ1) is 16.0. The Morgan fingerprint density at radius 1 is 1.54 bits per heavy atom. The molecule has 3 rings (SSSR count). The van der Waals surface area contributed by atoms with Gasteiger partial charge in [0.15, 0.2) is 0 Å². The van der Waals surface area contributed by atoms with E-state index in [2.05, 4.69) is 31.5 Å². The maximum atomic E-state index is 11.1. The zero-order chi connectivity index (χ0) is 17.1. The molecule has 2 aromatic heterocycles. The molecule has 1 unspecified atom stereocenters. The summed E-state index contributed by atoms with van der Waals surface area (Å²) in [5, 5.41) is 19.1. The molecule has 124 valence electrons. The van der Waals surface area contributed by atoms with Crippen molar-refractivity contribution in [2.24, 2.45) is 0 Å². The number of carbonyl (C=O) groups excluding carboxylic acids is 1. The normalized spacial score (nSPS) is 16.9. The highest BCUT2D eigenvalue weighted by Crippen LogP contribution is 2.30. The zero-order valence-corrected chi connectivity index (χ0v) is 13.8. The minimum Gasteiger partial charge on any atom is -0.356 e. The summed E-state index contributed by atoms with van der Waals surface area (Å²) in [6.45, 7) is 5.60. The van der Waals surface area contributed by atoms with Crippen LogP contribution >= 0.6 is 0 Å². The Bertz CT molecular complexity index is 791. The molecular formula is C17H20N6O. The van der Waals surface area contributed by atoms with Crippen LogP contribution in [-0.4, -0.2) is 34.2 Å². The van der Waals surface area contributed by atoms with E-state index < -0.39 is 0 Å². The number of H-pyrrole nitrogens is 1. The summed E-state index contributed by atoms with van der Waals surface area (Å²) in [5.41, 5.74) is 3.48. The minimum atomic E-state index is -0.0487. The molecular weight excluding hydrogens is 304 g/mol. The van der Waals surface area contributed by atoms with Gasteiger partial charge in [0.25, 0.3) is 0 Å². The molecule has 0 aliphatic carbocycles. The molecule has 1 saturated heterocycles. The van der Waals surface area contributed by atoms with Gasteiger partial charge in [-0.25, -0.2) is 4.98 Å². The van der Waals surface area contributed by atoms with Crippen LogP contribution in [-0.2, 0) is 11.3 Å². The molecule has 2 N–H and O–H groups in total. The van der Waals surface area contributed by atoms with E-state index in [-0.39, 0.29) is 5.91 Å². The third kappa shape index (κ3) is 3.23. The van der Waals surface area contributed by atoms with Crippen molar-refractivity contribution >= 4 is 11.7 Å². The van der Waals surface area contributed by atoms with Crippen LogP contribution < -0.4 is 10.2 Å². The lowest BCUT2D eigenvalue weighted by Gasteiger charge is -2.18. The lowest BCUT2D eigenvalue weighted by Crippen LogP contribution is -2.22. The molecule has 7 heteroatoms. The summed E-state index contributed by atoms with van der Waals surface area (Å²) in [4.78, 5) is 17.9. The van der Waals surface area contributed by atoms with Crippen molar-refractivity contribution in [2.45, 2.75) is 32.7 Å². The first-order chi connectivity index (χ1) is 11.6. The van der Waals surface area contributed by atoms with Crippen LogP contribution in [0.2, 0.25) is 0 Å². The van der Waals surface area contributed by atoms with E-state index >= 15 is 0 Å². The number of anilines is 1. The Labute approximate surface area is 140 Å². The SMILES string of the molecule is CC(=O)NCc1cn[nH]c1C1CCN(c2ccc(C#N)c(C)n2)C1. The highest BCUT2D eigenvalue weighted by molar-refractivity contribution is 5.72. The van der Waals surface area contributed by atoms with Gasteiger partial charge in [-0.1, -0.05) is 0 Å². The summed E-state index contributed by atoms with van der Waals surface area (Å²) in [5.74, 6) is 1.18. The first-order valence-electron chi connectivity index (χ1n) is 7.97. The van der Waals surface area contributed by atoms with E-state index in [1.54, 1.807) is 6.20 Å². The Morgan fingerprint density at radius 3 is 3.08 bits per heavy atom. The highest BCUT2D eigenvalue weighted by Gasteiger charge is 2.28. The molecule has 1 aliphatic heterocycles. The predicted molar refractivity (Wildman–Crippen MR) is 89.4 cm³/mol. The smallest absolute Gasteiger partial charge is 0.217 e. The number of aromatic amines is 1. The molecule has 1 atom stereocenters. The second kappa shape index (κ2) is 6.71. The molecule has 1 amide bonds. The molecule has 3 heterocycles. The Morgan fingerprint density at radius 2 is 2.38 bits per heavy atom. The lowest BCUT2D eigenvalue weighted by atomic mass is 10.0. The fourth-order valence-electron chi connectivity index (χ4n) is 3.08. The summed E-state index contributed by atoms with van der Waals surface area (Å²) in [7, 11) is 0. The Hall–Kier alpha value is -2.88. The van der Waals surface area contributed by atoms with E-state index in [9.17, 15) is 4.79 Å². The standard InChI is InChI=1S/C17H20N6O/c1-11-13(7-18)3-4-16(21-11)23-6-5-14(10-23)17-15(9-20-22-17)8-19-12(2)24/h3-4,9,14H,5-6,8,10H2,1-2H3,(H,19,24)(H,20,22). The summed E-state index contributed by atoms with van der Waals surface area (Å²) >= 11 is 0. The fourth-order valence-corrected chi connectivity index (χ4v) is 3.08. The average Bonchev–Trinajstić information content (AvgIpc) is 3.21. The van der Waals surface area contributed by atoms with Crippen LogP contribution in [0.25, 0.3) is 0 Å². The number of hydrogen-bond acceptors (Lipinski definition) is 5. The lowest BCUT2D eigenvalue weighted by molar-refractivity contribution is -0.119. The van der Waals surface area contributed by atoms with Gasteiger partial charge < -0.3 is 10.2 Å². The molecule has 0 bridgehead atoms. The molecule has 0 radical (unpaired) electrons. The second-order valence-electron chi connectivity index (χ2n) is 6.06. The van der Waals surface area contributed by atoms with Gasteiger partial charge in [0.05, 0.1) is 17.5 Å². The largest absolute Gasteiger partial charge is 0.356 e. The molecule has 7 nitrogen and oxygen atoms in total. The van der Waals surface area contributed by atoms with Gasteiger partial charge in [-0.2, -0.15) is 10.4 Å². The monoisotopic (exact) mass is 324 g/mol. The van der Waals surface area contributed by atoms with E-state index in [1.807, 2.05) is 19.1 Å². The third-order valence-corrected chi connectivity index (χ3v) is 4.39. The van der Waals surface area contributed by atoms with Gasteiger partial charge >= 0.3 is 0 Å². The molecule has 1 aliphatic rings. The van der Waals surface area contributed by atoms with Gasteiger partial charge in [-0.15, -0.1) is 0 Å². The number of hydrogen-bond donors (Lipinski definition) is 2. The van der Waals surface area contributed by atoms with Crippen molar-refractivity contribution in [1.29, 1.82) is 5.26 Å². The first-order valence-corrected chi connectivity index (χ1v) is 7.97. The number of aromatic nitrogens is 3. The maximum Gasteiger partial charge on any atom is 0.217 e. The highest BCUT2D eigenvalue weighted by atomic mass is 16.1. The number of nitrogens with zero attached hydrogens (tertiary/aromatic N) is 4. The third-order valence-electron chi connectivity index (χ3n) is 4.39. The predicted octanol–water partition coefficient (Wildman–Crippen LogP) is 1.61. The van der Waals surface area contributed by atoms with Crippen LogP contribution in [0, 0.1) is 18.3 Å². The van der Waals surface area contributed by atoms with Crippen molar-refractivity contribution < 1.29 is 4.79 Å². The number of aryl methyl sites for hydroxylation is 1. The average molecular weight is 324 g/mol. The minimum absolute atomic E-state index is 0.0487. The number of nitrogens with one attached hydrogen (secondary N) is 2. The van der Waals surface area contributed by atoms with E-state index in [4.69, 9.17) is 5.26 Å². The number of pyridine rings is 1. The van der Waals surface area contributed by atoms with Crippen LogP contribution in [0.5, 0.6) is 0 Å². The van der Waals surface area contributed by atoms with Crippen LogP contribution in [0.3, 0.4) is 0 Å². The number of amides is 1. The van der Waals surface area contributed by atoms with E-state index in [0.29, 0.717) is 18.0 Å². The molecule has 0 spiro atoms. The molecule has 2 aromatic rings. The van der Waals surface area contributed by atoms with Gasteiger partial charge in [0.1, 0.15) is 11.9 Å². The Balaban J connectivity index is 1.72. The van der Waals surface area contributed by atoms with Crippen molar-refractivity contribution in [2.75, 3.05) is 18.0 Å². The molecule has 0 saturated carbocycles. The molecule has 24 heavy (non-hydrogen) atoms. The number of nitriles is 1. The van der Waals surface area contributed by atoms with Gasteiger partial charge in [0.2, 0.25) is 5.91 Å². The maximum absolute atomic E-state index is 11.1. The summed E-state index contributed by atoms with van der Waals surface area (Å²) in [6.07, 6.45) is 2.77. The van der Waals surface area contributed by atoms with E-state index in [0.717, 1.165) is 42.3 Å². The summed E-state index contributed by atoms with van der Waals surface area (Å²) < 4.78 is 0. The van der Waals surface area contributed by atoms with Crippen LogP contribution in [0.15, 0.2) is 18.3 Å². The van der Waals surface area contributed by atoms with Crippen molar-refractivity contribution in [3.63, 3.8) is 0 Å². The molecule has 0 aromatic carbocycles. The molecule has 1 fully saturated rings. The van der Waals surface area contributed by atoms with Gasteiger partial charge in [-0.3, -0.25) is 9.89 Å². The number of rotatable bonds is 4. The Kier molecular flexibility index (Phi) is 4.47. The topological polar surface area (TPSA) is 97.7 Å².